The fourth-order valence-corrected chi connectivity index (χ4v) is 5.05. The van der Waals surface area contributed by atoms with E-state index in [9.17, 15) is 9.90 Å². The smallest absolute Gasteiger partial charge is 0.317 e. The summed E-state index contributed by atoms with van der Waals surface area (Å²) in [6.07, 6.45) is 3.77. The van der Waals surface area contributed by atoms with E-state index in [2.05, 4.69) is 25.3 Å². The molecule has 31 heavy (non-hydrogen) atoms. The molecule has 0 saturated heterocycles. The number of thioether (sulfide) groups is 1. The van der Waals surface area contributed by atoms with Gasteiger partial charge in [0.15, 0.2) is 10.5 Å². The maximum Gasteiger partial charge on any atom is 0.317 e. The van der Waals surface area contributed by atoms with Crippen molar-refractivity contribution in [2.75, 3.05) is 0 Å². The molecule has 1 aromatic carbocycles. The highest BCUT2D eigenvalue weighted by molar-refractivity contribution is 8.00. The number of benzene rings is 1. The second-order valence-electron chi connectivity index (χ2n) is 6.38. The van der Waals surface area contributed by atoms with Gasteiger partial charge in [-0.1, -0.05) is 70.0 Å². The number of nitrogens with zero attached hydrogens (tertiary/aromatic N) is 6. The summed E-state index contributed by atoms with van der Waals surface area (Å²) in [5.74, 6) is -0.876. The molecule has 4 rings (SSSR count). The van der Waals surface area contributed by atoms with Crippen LogP contribution in [-0.4, -0.2) is 46.3 Å². The Morgan fingerprint density at radius 3 is 2.68 bits per heavy atom. The van der Waals surface area contributed by atoms with Crippen molar-refractivity contribution in [2.24, 2.45) is 0 Å². The third-order valence-corrected chi connectivity index (χ3v) is 7.57. The zero-order valence-corrected chi connectivity index (χ0v) is 19.7. The van der Waals surface area contributed by atoms with Crippen molar-refractivity contribution in [3.05, 3.63) is 45.2 Å². The second-order valence-corrected chi connectivity index (χ2v) is 9.78. The van der Waals surface area contributed by atoms with Crippen molar-refractivity contribution < 1.29 is 9.90 Å². The highest BCUT2D eigenvalue weighted by Crippen LogP contribution is 2.32. The molecule has 1 N–H and O–H groups in total. The Labute approximate surface area is 199 Å². The van der Waals surface area contributed by atoms with Gasteiger partial charge in [0.2, 0.25) is 0 Å². The average molecular weight is 516 g/mol. The van der Waals surface area contributed by atoms with Gasteiger partial charge in [0.25, 0.3) is 0 Å². The molecule has 0 aliphatic carbocycles. The first-order chi connectivity index (χ1) is 14.8. The molecular weight excluding hydrogens is 503 g/mol. The normalized spacial score (nSPS) is 12.4. The number of hydrogen-bond donors (Lipinski definition) is 1. The molecule has 0 fully saturated rings. The van der Waals surface area contributed by atoms with Crippen LogP contribution >= 0.6 is 57.9 Å². The predicted molar refractivity (Wildman–Crippen MR) is 122 cm³/mol. The Kier molecular flexibility index (Phi) is 6.63. The summed E-state index contributed by atoms with van der Waals surface area (Å²) < 4.78 is 1.64. The largest absolute Gasteiger partial charge is 0.480 e. The van der Waals surface area contributed by atoms with Crippen LogP contribution in [0.5, 0.6) is 0 Å². The van der Waals surface area contributed by atoms with Gasteiger partial charge in [-0.05, 0) is 24.1 Å². The number of carbonyl (C=O) groups is 1. The lowest BCUT2D eigenvalue weighted by Gasteiger charge is -2.07. The van der Waals surface area contributed by atoms with Gasteiger partial charge in [-0.3, -0.25) is 4.79 Å². The highest BCUT2D eigenvalue weighted by atomic mass is 35.5. The number of carboxylic acid groups (broad SMARTS) is 1. The van der Waals surface area contributed by atoms with Gasteiger partial charge in [0.05, 0.1) is 34.0 Å². The van der Waals surface area contributed by atoms with Crippen LogP contribution in [0.15, 0.2) is 29.6 Å². The van der Waals surface area contributed by atoms with E-state index in [0.717, 1.165) is 5.56 Å². The molecule has 0 saturated carbocycles. The summed E-state index contributed by atoms with van der Waals surface area (Å²) in [6, 6.07) is 3.45. The molecular formula is C18H13Cl3N6O2S2. The van der Waals surface area contributed by atoms with Crippen LogP contribution in [0, 0.1) is 0 Å². The summed E-state index contributed by atoms with van der Waals surface area (Å²) in [5.41, 5.74) is 1.87. The van der Waals surface area contributed by atoms with Crippen molar-refractivity contribution in [3.63, 3.8) is 0 Å². The van der Waals surface area contributed by atoms with E-state index < -0.39 is 11.2 Å². The zero-order valence-electron chi connectivity index (χ0n) is 15.8. The molecule has 0 bridgehead atoms. The molecule has 13 heteroatoms. The maximum absolute atomic E-state index is 11.3. The number of aromatic nitrogens is 6. The molecule has 1 atom stereocenters. The molecule has 0 aliphatic rings. The quantitative estimate of drug-likeness (QED) is 0.261. The SMILES string of the molecule is CCC(Sc1cnc2nc(-c3cn(Cc4cc(Cl)c(Cl)c(Cl)c4)nn3)sc2n1)C(=O)O. The lowest BCUT2D eigenvalue weighted by atomic mass is 10.2. The fourth-order valence-electron chi connectivity index (χ4n) is 2.69. The standard InChI is InChI=1S/C18H13Cl3N6O2S2/c1-2-12(18(28)29)30-13-5-22-15-17(23-13)31-16(24-15)11-7-27(26-25-11)6-8-3-9(19)14(21)10(20)4-8/h3-5,7,12H,2,6H2,1H3,(H,28,29). The van der Waals surface area contributed by atoms with E-state index in [0.29, 0.717) is 54.2 Å². The van der Waals surface area contributed by atoms with Crippen LogP contribution in [0.1, 0.15) is 18.9 Å². The van der Waals surface area contributed by atoms with Gasteiger partial charge in [-0.15, -0.1) is 5.10 Å². The third-order valence-electron chi connectivity index (χ3n) is 4.16. The minimum atomic E-state index is -0.876. The highest BCUT2D eigenvalue weighted by Gasteiger charge is 2.19. The number of thiazole rings is 1. The van der Waals surface area contributed by atoms with Crippen molar-refractivity contribution >= 4 is 74.3 Å². The van der Waals surface area contributed by atoms with E-state index in [1.54, 1.807) is 23.0 Å². The first kappa shape index (κ1) is 22.2. The summed E-state index contributed by atoms with van der Waals surface area (Å²) in [6.45, 7) is 2.22. The average Bonchev–Trinajstić information content (AvgIpc) is 3.36. The molecule has 160 valence electrons. The van der Waals surface area contributed by atoms with E-state index in [4.69, 9.17) is 34.8 Å². The minimum Gasteiger partial charge on any atom is -0.480 e. The van der Waals surface area contributed by atoms with E-state index in [1.165, 1.54) is 29.3 Å². The predicted octanol–water partition coefficient (Wildman–Crippen LogP) is 5.31. The van der Waals surface area contributed by atoms with Gasteiger partial charge >= 0.3 is 5.97 Å². The van der Waals surface area contributed by atoms with Crippen molar-refractivity contribution in [1.29, 1.82) is 0 Å². The van der Waals surface area contributed by atoms with Gasteiger partial charge in [-0.25, -0.2) is 19.6 Å². The Hall–Kier alpha value is -1.98. The van der Waals surface area contributed by atoms with E-state index >= 15 is 0 Å². The minimum absolute atomic E-state index is 0.312. The molecule has 8 nitrogen and oxygen atoms in total. The molecule has 0 spiro atoms. The Morgan fingerprint density at radius 1 is 1.26 bits per heavy atom. The number of carboxylic acids is 1. The number of halogens is 3. The molecule has 3 heterocycles. The maximum atomic E-state index is 11.3. The molecule has 4 aromatic rings. The Morgan fingerprint density at radius 2 is 2.00 bits per heavy atom. The lowest BCUT2D eigenvalue weighted by Crippen LogP contribution is -2.14. The fraction of sp³-hybridized carbons (Fsp3) is 0.222. The van der Waals surface area contributed by atoms with Gasteiger partial charge in [-0.2, -0.15) is 0 Å². The van der Waals surface area contributed by atoms with Crippen LogP contribution in [-0.2, 0) is 11.3 Å². The number of hydrogen-bond acceptors (Lipinski definition) is 8. The van der Waals surface area contributed by atoms with Gasteiger partial charge in [0.1, 0.15) is 21.0 Å². The van der Waals surface area contributed by atoms with Crippen LogP contribution in [0.3, 0.4) is 0 Å². The van der Waals surface area contributed by atoms with Crippen molar-refractivity contribution in [3.8, 4) is 10.7 Å². The van der Waals surface area contributed by atoms with E-state index in [-0.39, 0.29) is 0 Å². The zero-order chi connectivity index (χ0) is 22.1. The van der Waals surface area contributed by atoms with Crippen LogP contribution in [0.2, 0.25) is 15.1 Å². The van der Waals surface area contributed by atoms with Crippen LogP contribution in [0.25, 0.3) is 21.2 Å². The first-order valence-electron chi connectivity index (χ1n) is 8.91. The summed E-state index contributed by atoms with van der Waals surface area (Å²) in [5, 5.41) is 19.2. The Bertz CT molecular complexity index is 1260. The van der Waals surface area contributed by atoms with Crippen LogP contribution in [0.4, 0.5) is 0 Å². The topological polar surface area (TPSA) is 107 Å². The van der Waals surface area contributed by atoms with Gasteiger partial charge in [0, 0.05) is 0 Å². The number of fused-ring (bicyclic) bond motifs is 1. The summed E-state index contributed by atoms with van der Waals surface area (Å²) in [4.78, 5) is 25.1. The molecule has 0 amide bonds. The number of rotatable bonds is 7. The van der Waals surface area contributed by atoms with Crippen molar-refractivity contribution in [2.45, 2.75) is 30.2 Å². The Balaban J connectivity index is 1.55. The molecule has 0 aliphatic heterocycles. The van der Waals surface area contributed by atoms with Gasteiger partial charge < -0.3 is 5.11 Å². The summed E-state index contributed by atoms with van der Waals surface area (Å²) in [7, 11) is 0. The second kappa shape index (κ2) is 9.25. The molecule has 1 unspecified atom stereocenters. The molecule has 3 aromatic heterocycles. The number of aliphatic carboxylic acids is 1. The van der Waals surface area contributed by atoms with Crippen LogP contribution < -0.4 is 0 Å². The molecule has 0 radical (unpaired) electrons. The monoisotopic (exact) mass is 514 g/mol. The third kappa shape index (κ3) is 4.93. The van der Waals surface area contributed by atoms with Crippen molar-refractivity contribution in [1.82, 2.24) is 29.9 Å². The van der Waals surface area contributed by atoms with E-state index in [1.807, 2.05) is 6.92 Å². The summed E-state index contributed by atoms with van der Waals surface area (Å²) >= 11 is 20.6. The first-order valence-corrected chi connectivity index (χ1v) is 11.7. The lowest BCUT2D eigenvalue weighted by molar-refractivity contribution is -0.136.